The number of amides is 1. The van der Waals surface area contributed by atoms with E-state index < -0.39 is 0 Å². The molecule has 1 heterocycles. The maximum Gasteiger partial charge on any atom is 0.255 e. The number of imidazole rings is 1. The molecule has 122 valence electrons. The predicted molar refractivity (Wildman–Crippen MR) is 90.4 cm³/mol. The molecule has 0 spiro atoms. The van der Waals surface area contributed by atoms with Crippen LogP contribution in [-0.2, 0) is 6.61 Å². The monoisotopic (exact) mass is 323 g/mol. The molecule has 6 heteroatoms. The molecular weight excluding hydrogens is 306 g/mol. The molecule has 3 rings (SSSR count). The van der Waals surface area contributed by atoms with Gasteiger partial charge >= 0.3 is 0 Å². The maximum atomic E-state index is 12.3. The summed E-state index contributed by atoms with van der Waals surface area (Å²) in [4.78, 5) is 16.3. The van der Waals surface area contributed by atoms with Crippen LogP contribution in [0.1, 0.15) is 15.9 Å². The minimum absolute atomic E-state index is 0.160. The van der Waals surface area contributed by atoms with Crippen LogP contribution in [0.15, 0.2) is 61.2 Å². The minimum atomic E-state index is -0.221. The van der Waals surface area contributed by atoms with Crippen molar-refractivity contribution in [3.63, 3.8) is 0 Å². The van der Waals surface area contributed by atoms with Gasteiger partial charge in [0, 0.05) is 34.9 Å². The van der Waals surface area contributed by atoms with Crippen LogP contribution in [0, 0.1) is 0 Å². The van der Waals surface area contributed by atoms with E-state index in [4.69, 9.17) is 4.74 Å². The van der Waals surface area contributed by atoms with Crippen molar-refractivity contribution in [3.05, 3.63) is 72.3 Å². The third kappa shape index (κ3) is 3.28. The highest BCUT2D eigenvalue weighted by Crippen LogP contribution is 2.23. The van der Waals surface area contributed by atoms with Crippen molar-refractivity contribution in [1.29, 1.82) is 0 Å². The summed E-state index contributed by atoms with van der Waals surface area (Å²) >= 11 is 0. The Hall–Kier alpha value is -3.12. The molecule has 6 nitrogen and oxygen atoms in total. The number of nitrogens with one attached hydrogen (secondary N) is 1. The third-order valence-electron chi connectivity index (χ3n) is 3.64. The molecule has 2 N–H and O–H groups in total. The number of aliphatic hydroxyl groups excluding tert-OH is 1. The van der Waals surface area contributed by atoms with Gasteiger partial charge in [0.2, 0.25) is 0 Å². The third-order valence-corrected chi connectivity index (χ3v) is 3.64. The number of rotatable bonds is 5. The Morgan fingerprint density at radius 2 is 2.04 bits per heavy atom. The van der Waals surface area contributed by atoms with Crippen molar-refractivity contribution in [2.75, 3.05) is 12.4 Å². The van der Waals surface area contributed by atoms with E-state index in [-0.39, 0.29) is 12.5 Å². The standard InChI is InChI=1S/C18H17N3O3/c1-24-17-7-4-15(10-14(17)11-22)20-18(23)13-2-5-16(6-3-13)21-9-8-19-12-21/h2-10,12,22H,11H2,1H3,(H,20,23). The van der Waals surface area contributed by atoms with Gasteiger partial charge in [-0.05, 0) is 42.5 Å². The van der Waals surface area contributed by atoms with E-state index in [9.17, 15) is 9.90 Å². The highest BCUT2D eigenvalue weighted by molar-refractivity contribution is 6.04. The first-order valence-corrected chi connectivity index (χ1v) is 7.39. The number of carbonyl (C=O) groups excluding carboxylic acids is 1. The number of hydrogen-bond acceptors (Lipinski definition) is 4. The van der Waals surface area contributed by atoms with E-state index >= 15 is 0 Å². The Balaban J connectivity index is 1.75. The quantitative estimate of drug-likeness (QED) is 0.757. The van der Waals surface area contributed by atoms with E-state index in [1.807, 2.05) is 22.9 Å². The van der Waals surface area contributed by atoms with Gasteiger partial charge in [0.15, 0.2) is 0 Å². The Bertz CT molecular complexity index is 827. The molecule has 0 radical (unpaired) electrons. The van der Waals surface area contributed by atoms with Crippen LogP contribution >= 0.6 is 0 Å². The molecule has 0 fully saturated rings. The summed E-state index contributed by atoms with van der Waals surface area (Å²) in [5.74, 6) is 0.362. The lowest BCUT2D eigenvalue weighted by Crippen LogP contribution is -2.12. The molecule has 24 heavy (non-hydrogen) atoms. The Morgan fingerprint density at radius 1 is 1.25 bits per heavy atom. The second-order valence-electron chi connectivity index (χ2n) is 5.16. The molecule has 0 aliphatic carbocycles. The number of hydrogen-bond donors (Lipinski definition) is 2. The van der Waals surface area contributed by atoms with Gasteiger partial charge in [-0.1, -0.05) is 0 Å². The van der Waals surface area contributed by atoms with E-state index in [0.29, 0.717) is 22.6 Å². The second kappa shape index (κ2) is 6.97. The fourth-order valence-electron chi connectivity index (χ4n) is 2.38. The molecule has 0 unspecified atom stereocenters. The lowest BCUT2D eigenvalue weighted by molar-refractivity contribution is 0.102. The molecule has 0 saturated carbocycles. The molecule has 0 aliphatic rings. The number of anilines is 1. The number of aliphatic hydroxyl groups is 1. The SMILES string of the molecule is COc1ccc(NC(=O)c2ccc(-n3ccnc3)cc2)cc1CO. The number of methoxy groups -OCH3 is 1. The number of carbonyl (C=O) groups is 1. The lowest BCUT2D eigenvalue weighted by Gasteiger charge is -2.10. The average molecular weight is 323 g/mol. The van der Waals surface area contributed by atoms with Crippen LogP contribution in [0.4, 0.5) is 5.69 Å². The van der Waals surface area contributed by atoms with Crippen LogP contribution in [0.3, 0.4) is 0 Å². The molecule has 0 saturated heterocycles. The Kier molecular flexibility index (Phi) is 4.58. The van der Waals surface area contributed by atoms with Gasteiger partial charge in [0.05, 0.1) is 20.0 Å². The van der Waals surface area contributed by atoms with Gasteiger partial charge in [-0.2, -0.15) is 0 Å². The Morgan fingerprint density at radius 3 is 2.67 bits per heavy atom. The smallest absolute Gasteiger partial charge is 0.255 e. The first-order chi connectivity index (χ1) is 11.7. The number of benzene rings is 2. The average Bonchev–Trinajstić information content (AvgIpc) is 3.16. The summed E-state index contributed by atoms with van der Waals surface area (Å²) in [6.45, 7) is -0.160. The van der Waals surface area contributed by atoms with Crippen LogP contribution in [-0.4, -0.2) is 27.7 Å². The molecule has 0 atom stereocenters. The van der Waals surface area contributed by atoms with Crippen molar-refractivity contribution in [3.8, 4) is 11.4 Å². The van der Waals surface area contributed by atoms with E-state index in [2.05, 4.69) is 10.3 Å². The van der Waals surface area contributed by atoms with Crippen molar-refractivity contribution in [2.24, 2.45) is 0 Å². The zero-order chi connectivity index (χ0) is 16.9. The van der Waals surface area contributed by atoms with Crippen molar-refractivity contribution >= 4 is 11.6 Å². The number of ether oxygens (including phenoxy) is 1. The minimum Gasteiger partial charge on any atom is -0.496 e. The van der Waals surface area contributed by atoms with E-state index in [1.165, 1.54) is 7.11 Å². The molecule has 2 aromatic carbocycles. The Labute approximate surface area is 139 Å². The van der Waals surface area contributed by atoms with Gasteiger partial charge < -0.3 is 19.7 Å². The van der Waals surface area contributed by atoms with Crippen molar-refractivity contribution in [2.45, 2.75) is 6.61 Å². The summed E-state index contributed by atoms with van der Waals surface area (Å²) in [6.07, 6.45) is 5.23. The summed E-state index contributed by atoms with van der Waals surface area (Å²) < 4.78 is 7.01. The topological polar surface area (TPSA) is 76.4 Å². The molecule has 3 aromatic rings. The summed E-state index contributed by atoms with van der Waals surface area (Å²) in [6, 6.07) is 12.3. The van der Waals surface area contributed by atoms with Crippen LogP contribution < -0.4 is 10.1 Å². The first kappa shape index (κ1) is 15.8. The van der Waals surface area contributed by atoms with E-state index in [0.717, 1.165) is 5.69 Å². The molecule has 1 amide bonds. The van der Waals surface area contributed by atoms with Gasteiger partial charge in [0.1, 0.15) is 5.75 Å². The van der Waals surface area contributed by atoms with Gasteiger partial charge in [-0.25, -0.2) is 4.98 Å². The van der Waals surface area contributed by atoms with Gasteiger partial charge in [-0.3, -0.25) is 4.79 Å². The number of aromatic nitrogens is 2. The fraction of sp³-hybridized carbons (Fsp3) is 0.111. The molecule has 1 aromatic heterocycles. The predicted octanol–water partition coefficient (Wildman–Crippen LogP) is 2.63. The molecular formula is C18H17N3O3. The van der Waals surface area contributed by atoms with Crippen molar-refractivity contribution < 1.29 is 14.6 Å². The van der Waals surface area contributed by atoms with Crippen molar-refractivity contribution in [1.82, 2.24) is 9.55 Å². The summed E-state index contributed by atoms with van der Waals surface area (Å²) in [5, 5.41) is 12.2. The number of nitrogens with zero attached hydrogens (tertiary/aromatic N) is 2. The molecule has 0 bridgehead atoms. The zero-order valence-electron chi connectivity index (χ0n) is 13.1. The van der Waals surface area contributed by atoms with Crippen LogP contribution in [0.25, 0.3) is 5.69 Å². The highest BCUT2D eigenvalue weighted by Gasteiger charge is 2.09. The largest absolute Gasteiger partial charge is 0.496 e. The summed E-state index contributed by atoms with van der Waals surface area (Å²) in [7, 11) is 1.54. The van der Waals surface area contributed by atoms with Gasteiger partial charge in [0.25, 0.3) is 5.91 Å². The normalized spacial score (nSPS) is 10.4. The van der Waals surface area contributed by atoms with Gasteiger partial charge in [-0.15, -0.1) is 0 Å². The van der Waals surface area contributed by atoms with Crippen LogP contribution in [0.5, 0.6) is 5.75 Å². The fourth-order valence-corrected chi connectivity index (χ4v) is 2.38. The zero-order valence-corrected chi connectivity index (χ0v) is 13.1. The van der Waals surface area contributed by atoms with Crippen LogP contribution in [0.2, 0.25) is 0 Å². The first-order valence-electron chi connectivity index (χ1n) is 7.39. The lowest BCUT2D eigenvalue weighted by atomic mass is 10.1. The highest BCUT2D eigenvalue weighted by atomic mass is 16.5. The van der Waals surface area contributed by atoms with E-state index in [1.54, 1.807) is 42.9 Å². The second-order valence-corrected chi connectivity index (χ2v) is 5.16. The summed E-state index contributed by atoms with van der Waals surface area (Å²) in [5.41, 5.74) is 2.69. The molecule has 0 aliphatic heterocycles. The maximum absolute atomic E-state index is 12.3.